The fourth-order valence-corrected chi connectivity index (χ4v) is 5.14. The molecule has 0 bridgehead atoms. The number of thioether (sulfide) groups is 2. The Bertz CT molecular complexity index is 477. The van der Waals surface area contributed by atoms with E-state index in [4.69, 9.17) is 9.47 Å². The summed E-state index contributed by atoms with van der Waals surface area (Å²) in [5.41, 5.74) is 2.41. The molecule has 20 heavy (non-hydrogen) atoms. The number of phenolic OH excluding ortho intramolecular Hbond substituents is 1. The van der Waals surface area contributed by atoms with E-state index in [1.807, 2.05) is 29.6 Å². The summed E-state index contributed by atoms with van der Waals surface area (Å²) >= 11 is 3.87. The minimum Gasteiger partial charge on any atom is -0.502 e. The Morgan fingerprint density at radius 1 is 1.15 bits per heavy atom. The predicted molar refractivity (Wildman–Crippen MR) is 87.6 cm³/mol. The van der Waals surface area contributed by atoms with Crippen LogP contribution in [-0.4, -0.2) is 30.8 Å². The molecule has 0 heterocycles. The van der Waals surface area contributed by atoms with Crippen molar-refractivity contribution in [2.24, 2.45) is 0 Å². The van der Waals surface area contributed by atoms with Gasteiger partial charge < -0.3 is 14.6 Å². The maximum atomic E-state index is 10.3. The number of phenols is 1. The lowest BCUT2D eigenvalue weighted by molar-refractivity contribution is 0.337. The molecule has 0 fully saturated rings. The zero-order chi connectivity index (χ0) is 14.7. The van der Waals surface area contributed by atoms with Crippen LogP contribution in [0.4, 0.5) is 0 Å². The van der Waals surface area contributed by atoms with E-state index in [9.17, 15) is 5.11 Å². The van der Waals surface area contributed by atoms with Gasteiger partial charge in [0.1, 0.15) is 0 Å². The van der Waals surface area contributed by atoms with E-state index < -0.39 is 0 Å². The lowest BCUT2D eigenvalue weighted by Crippen LogP contribution is -1.98. The van der Waals surface area contributed by atoms with Crippen LogP contribution in [0.3, 0.4) is 0 Å². The third kappa shape index (κ3) is 2.70. The number of hydrogen-bond donors (Lipinski definition) is 1. The van der Waals surface area contributed by atoms with Crippen LogP contribution >= 0.6 is 23.5 Å². The zero-order valence-corrected chi connectivity index (χ0v) is 14.1. The third-order valence-corrected chi connectivity index (χ3v) is 5.89. The molecule has 112 valence electrons. The maximum Gasteiger partial charge on any atom is 0.201 e. The van der Waals surface area contributed by atoms with Gasteiger partial charge in [-0.25, -0.2) is 0 Å². The molecule has 0 radical (unpaired) electrons. The number of methoxy groups -OCH3 is 2. The van der Waals surface area contributed by atoms with Gasteiger partial charge in [0.25, 0.3) is 0 Å². The summed E-state index contributed by atoms with van der Waals surface area (Å²) in [6, 6.07) is 1.98. The van der Waals surface area contributed by atoms with Crippen molar-refractivity contribution in [3.8, 4) is 17.2 Å². The fraction of sp³-hybridized carbons (Fsp3) is 0.600. The van der Waals surface area contributed by atoms with Crippen LogP contribution in [0.1, 0.15) is 41.9 Å². The average Bonchev–Trinajstić information content (AvgIpc) is 2.77. The van der Waals surface area contributed by atoms with E-state index >= 15 is 0 Å². The molecule has 2 rings (SSSR count). The molecule has 3 nitrogen and oxygen atoms in total. The first-order valence-corrected chi connectivity index (χ1v) is 8.98. The van der Waals surface area contributed by atoms with Crippen molar-refractivity contribution < 1.29 is 14.6 Å². The number of aromatic hydroxyl groups is 1. The summed E-state index contributed by atoms with van der Waals surface area (Å²) < 4.78 is 10.8. The highest BCUT2D eigenvalue weighted by Gasteiger charge is 2.36. The van der Waals surface area contributed by atoms with E-state index in [2.05, 4.69) is 13.8 Å². The molecule has 0 saturated carbocycles. The summed E-state index contributed by atoms with van der Waals surface area (Å²) in [7, 11) is 3.19. The summed E-state index contributed by atoms with van der Waals surface area (Å²) in [4.78, 5) is 0. The average molecular weight is 314 g/mol. The second-order valence-electron chi connectivity index (χ2n) is 4.59. The first-order chi connectivity index (χ1) is 9.67. The summed E-state index contributed by atoms with van der Waals surface area (Å²) in [6.45, 7) is 4.35. The molecule has 0 aromatic heterocycles. The standard InChI is InChI=1S/C15H22O3S2/c1-5-19-11-8-12(20-6-2)13-9(11)7-10(17-3)14(16)15(13)18-4/h7,11-12,16H,5-6,8H2,1-4H3. The first-order valence-electron chi connectivity index (χ1n) is 6.88. The van der Waals surface area contributed by atoms with Gasteiger partial charge in [0, 0.05) is 16.1 Å². The third-order valence-electron chi connectivity index (χ3n) is 3.55. The van der Waals surface area contributed by atoms with Gasteiger partial charge in [0.2, 0.25) is 5.75 Å². The van der Waals surface area contributed by atoms with Crippen LogP contribution in [0.15, 0.2) is 6.07 Å². The number of fused-ring (bicyclic) bond motifs is 1. The number of benzene rings is 1. The van der Waals surface area contributed by atoms with E-state index in [1.165, 1.54) is 5.56 Å². The molecular weight excluding hydrogens is 292 g/mol. The summed E-state index contributed by atoms with van der Waals surface area (Å²) in [6.07, 6.45) is 1.09. The van der Waals surface area contributed by atoms with E-state index in [0.717, 1.165) is 23.5 Å². The molecule has 1 N–H and O–H groups in total. The van der Waals surface area contributed by atoms with Crippen LogP contribution < -0.4 is 9.47 Å². The second kappa shape index (κ2) is 6.85. The predicted octanol–water partition coefficient (Wildman–Crippen LogP) is 4.40. The monoisotopic (exact) mass is 314 g/mol. The van der Waals surface area contributed by atoms with Crippen LogP contribution in [0, 0.1) is 0 Å². The fourth-order valence-electron chi connectivity index (χ4n) is 2.77. The molecule has 0 spiro atoms. The maximum absolute atomic E-state index is 10.3. The highest BCUT2D eigenvalue weighted by Crippen LogP contribution is 2.58. The molecule has 1 aromatic carbocycles. The van der Waals surface area contributed by atoms with Crippen molar-refractivity contribution in [1.29, 1.82) is 0 Å². The zero-order valence-electron chi connectivity index (χ0n) is 12.4. The van der Waals surface area contributed by atoms with Gasteiger partial charge >= 0.3 is 0 Å². The Kier molecular flexibility index (Phi) is 5.38. The highest BCUT2D eigenvalue weighted by atomic mass is 32.2. The Labute approximate surface area is 129 Å². The van der Waals surface area contributed by atoms with Gasteiger partial charge in [-0.05, 0) is 29.6 Å². The Morgan fingerprint density at radius 2 is 1.80 bits per heavy atom. The lowest BCUT2D eigenvalue weighted by Gasteiger charge is -2.17. The molecular formula is C15H22O3S2. The van der Waals surface area contributed by atoms with Crippen molar-refractivity contribution in [3.05, 3.63) is 17.2 Å². The highest BCUT2D eigenvalue weighted by molar-refractivity contribution is 8.00. The van der Waals surface area contributed by atoms with Gasteiger partial charge in [0.15, 0.2) is 11.5 Å². The van der Waals surface area contributed by atoms with Crippen molar-refractivity contribution in [2.45, 2.75) is 30.8 Å². The van der Waals surface area contributed by atoms with Crippen molar-refractivity contribution in [1.82, 2.24) is 0 Å². The van der Waals surface area contributed by atoms with E-state index in [1.54, 1.807) is 14.2 Å². The summed E-state index contributed by atoms with van der Waals surface area (Å²) in [5, 5.41) is 11.1. The number of rotatable bonds is 6. The molecule has 2 unspecified atom stereocenters. The molecule has 1 aliphatic carbocycles. The second-order valence-corrected chi connectivity index (χ2v) is 7.55. The van der Waals surface area contributed by atoms with Crippen molar-refractivity contribution >= 4 is 23.5 Å². The van der Waals surface area contributed by atoms with Gasteiger partial charge in [-0.3, -0.25) is 0 Å². The summed E-state index contributed by atoms with van der Waals surface area (Å²) in [5.74, 6) is 3.36. The van der Waals surface area contributed by atoms with E-state index in [-0.39, 0.29) is 5.75 Å². The SMILES string of the molecule is CCSC1CC(SCC)c2c1cc(OC)c(O)c2OC. The van der Waals surface area contributed by atoms with Crippen molar-refractivity contribution in [3.63, 3.8) is 0 Å². The van der Waals surface area contributed by atoms with Gasteiger partial charge in [-0.15, -0.1) is 0 Å². The van der Waals surface area contributed by atoms with Gasteiger partial charge in [0.05, 0.1) is 14.2 Å². The first kappa shape index (κ1) is 15.7. The normalized spacial score (nSPS) is 20.8. The number of ether oxygens (including phenoxy) is 2. The minimum atomic E-state index is 0.123. The molecule has 2 atom stereocenters. The van der Waals surface area contributed by atoms with Gasteiger partial charge in [-0.2, -0.15) is 23.5 Å². The smallest absolute Gasteiger partial charge is 0.201 e. The van der Waals surface area contributed by atoms with Gasteiger partial charge in [-0.1, -0.05) is 13.8 Å². The van der Waals surface area contributed by atoms with E-state index in [0.29, 0.717) is 22.0 Å². The number of hydrogen-bond acceptors (Lipinski definition) is 5. The Hall–Kier alpha value is -0.680. The molecule has 0 aliphatic heterocycles. The quantitative estimate of drug-likeness (QED) is 0.842. The largest absolute Gasteiger partial charge is 0.502 e. The molecule has 0 amide bonds. The molecule has 0 saturated heterocycles. The molecule has 1 aromatic rings. The topological polar surface area (TPSA) is 38.7 Å². The van der Waals surface area contributed by atoms with Crippen LogP contribution in [0.2, 0.25) is 0 Å². The van der Waals surface area contributed by atoms with Crippen molar-refractivity contribution in [2.75, 3.05) is 25.7 Å². The lowest BCUT2D eigenvalue weighted by atomic mass is 10.1. The molecule has 5 heteroatoms. The minimum absolute atomic E-state index is 0.123. The van der Waals surface area contributed by atoms with Crippen LogP contribution in [0.25, 0.3) is 0 Å². The Balaban J connectivity index is 2.54. The van der Waals surface area contributed by atoms with Crippen LogP contribution in [-0.2, 0) is 0 Å². The Morgan fingerprint density at radius 3 is 2.35 bits per heavy atom. The molecule has 1 aliphatic rings. The van der Waals surface area contributed by atoms with Crippen LogP contribution in [0.5, 0.6) is 17.2 Å².